The minimum Gasteiger partial charge on any atom is -0.495 e. The molecule has 0 saturated heterocycles. The van der Waals surface area contributed by atoms with Gasteiger partial charge in [-0.3, -0.25) is 4.79 Å². The summed E-state index contributed by atoms with van der Waals surface area (Å²) in [5.41, 5.74) is 0.988. The van der Waals surface area contributed by atoms with Gasteiger partial charge in [0.15, 0.2) is 0 Å². The smallest absolute Gasteiger partial charge is 0.322 e. The summed E-state index contributed by atoms with van der Waals surface area (Å²) in [5, 5.41) is 11.0. The Morgan fingerprint density at radius 1 is 1.20 bits per heavy atom. The molecule has 0 aliphatic heterocycles. The molecule has 2 rings (SSSR count). The summed E-state index contributed by atoms with van der Waals surface area (Å²) in [6.45, 7) is 1.38. The number of aryl methyl sites for hydroxylation is 1. The van der Waals surface area contributed by atoms with Crippen molar-refractivity contribution in [3.8, 4) is 5.75 Å². The average Bonchev–Trinajstić information content (AvgIpc) is 2.54. The molecule has 0 aliphatic rings. The third kappa shape index (κ3) is 4.00. The van der Waals surface area contributed by atoms with Crippen LogP contribution in [-0.4, -0.2) is 33.1 Å². The molecule has 0 fully saturated rings. The number of sulfone groups is 1. The molecule has 25 heavy (non-hydrogen) atoms. The molecule has 134 valence electrons. The number of carboxylic acids is 1. The molecule has 0 aromatic heterocycles. The van der Waals surface area contributed by atoms with E-state index in [1.807, 2.05) is 6.92 Å². The van der Waals surface area contributed by atoms with Crippen molar-refractivity contribution in [2.45, 2.75) is 16.7 Å². The number of benzene rings is 2. The van der Waals surface area contributed by atoms with Gasteiger partial charge in [0, 0.05) is 6.07 Å². The van der Waals surface area contributed by atoms with Crippen molar-refractivity contribution >= 4 is 44.7 Å². The van der Waals surface area contributed by atoms with E-state index in [-0.39, 0.29) is 31.3 Å². The topological polar surface area (TPSA) is 92.7 Å². The highest BCUT2D eigenvalue weighted by molar-refractivity contribution is 7.91. The molecule has 0 heterocycles. The van der Waals surface area contributed by atoms with Crippen LogP contribution < -0.4 is 10.1 Å². The van der Waals surface area contributed by atoms with Gasteiger partial charge in [-0.15, -0.1) is 0 Å². The highest BCUT2D eigenvalue weighted by Gasteiger charge is 2.29. The summed E-state index contributed by atoms with van der Waals surface area (Å²) >= 11 is 12.4. The molecular weight excluding hydrogens is 389 g/mol. The zero-order valence-electron chi connectivity index (χ0n) is 13.3. The van der Waals surface area contributed by atoms with Gasteiger partial charge in [0.25, 0.3) is 0 Å². The number of rotatable bonds is 6. The molecule has 2 aromatic carbocycles. The van der Waals surface area contributed by atoms with E-state index < -0.39 is 22.4 Å². The third-order valence-electron chi connectivity index (χ3n) is 3.38. The lowest BCUT2D eigenvalue weighted by molar-refractivity contribution is -0.134. The van der Waals surface area contributed by atoms with Crippen molar-refractivity contribution < 1.29 is 23.1 Å². The number of methoxy groups -OCH3 is 1. The second kappa shape index (κ2) is 7.51. The Hall–Kier alpha value is -1.96. The lowest BCUT2D eigenvalue weighted by Gasteiger charge is -2.16. The zero-order chi connectivity index (χ0) is 18.8. The summed E-state index contributed by atoms with van der Waals surface area (Å²) in [6.07, 6.45) is 0. The minimum atomic E-state index is -4.04. The molecule has 0 unspecified atom stereocenters. The number of hydrogen-bond donors (Lipinski definition) is 2. The van der Waals surface area contributed by atoms with Gasteiger partial charge >= 0.3 is 5.97 Å². The lowest BCUT2D eigenvalue weighted by atomic mass is 10.2. The fraction of sp³-hybridized carbons (Fsp3) is 0.188. The van der Waals surface area contributed by atoms with Crippen LogP contribution in [0, 0.1) is 6.92 Å². The predicted molar refractivity (Wildman–Crippen MR) is 95.8 cm³/mol. The Labute approximate surface area is 155 Å². The standard InChI is InChI=1S/C16H15Cl2NO5S/c1-9-3-5-10(6-4-9)25(22,23)16-14(17)11(19-8-13(20)21)7-12(24-2)15(16)18/h3-7,19H,8H2,1-2H3,(H,20,21). The highest BCUT2D eigenvalue weighted by atomic mass is 35.5. The van der Waals surface area contributed by atoms with Crippen LogP contribution in [0.4, 0.5) is 5.69 Å². The Balaban J connectivity index is 2.68. The van der Waals surface area contributed by atoms with E-state index in [0.717, 1.165) is 5.56 Å². The van der Waals surface area contributed by atoms with Crippen LogP contribution in [0.2, 0.25) is 10.0 Å². The van der Waals surface area contributed by atoms with Gasteiger partial charge in [-0.05, 0) is 19.1 Å². The first-order chi connectivity index (χ1) is 11.7. The summed E-state index contributed by atoms with van der Waals surface area (Å²) in [7, 11) is -2.72. The van der Waals surface area contributed by atoms with Crippen LogP contribution in [-0.2, 0) is 14.6 Å². The van der Waals surface area contributed by atoms with Crippen LogP contribution >= 0.6 is 23.2 Å². The van der Waals surface area contributed by atoms with Gasteiger partial charge in [0.05, 0.1) is 22.7 Å². The van der Waals surface area contributed by atoms with Crippen molar-refractivity contribution in [2.75, 3.05) is 19.0 Å². The first-order valence-electron chi connectivity index (χ1n) is 7.02. The van der Waals surface area contributed by atoms with Gasteiger partial charge in [-0.1, -0.05) is 40.9 Å². The molecule has 0 radical (unpaired) electrons. The monoisotopic (exact) mass is 403 g/mol. The van der Waals surface area contributed by atoms with Gasteiger partial charge < -0.3 is 15.2 Å². The number of halogens is 2. The highest BCUT2D eigenvalue weighted by Crippen LogP contribution is 2.43. The fourth-order valence-corrected chi connectivity index (χ4v) is 4.62. The Bertz CT molecular complexity index is 911. The first kappa shape index (κ1) is 19.4. The van der Waals surface area contributed by atoms with E-state index in [1.54, 1.807) is 12.1 Å². The molecule has 9 heteroatoms. The molecule has 0 saturated carbocycles. The minimum absolute atomic E-state index is 0.0133. The first-order valence-corrected chi connectivity index (χ1v) is 9.25. The number of aliphatic carboxylic acids is 1. The number of hydrogen-bond acceptors (Lipinski definition) is 5. The second-order valence-corrected chi connectivity index (χ2v) is 7.79. The molecular formula is C16H15Cl2NO5S. The third-order valence-corrected chi connectivity index (χ3v) is 6.21. The predicted octanol–water partition coefficient (Wildman–Crippen LogP) is 3.64. The van der Waals surface area contributed by atoms with Gasteiger partial charge in [-0.2, -0.15) is 0 Å². The lowest BCUT2D eigenvalue weighted by Crippen LogP contribution is -2.14. The van der Waals surface area contributed by atoms with Gasteiger partial charge in [0.1, 0.15) is 22.2 Å². The van der Waals surface area contributed by atoms with E-state index in [9.17, 15) is 13.2 Å². The van der Waals surface area contributed by atoms with E-state index in [2.05, 4.69) is 5.32 Å². The number of nitrogens with one attached hydrogen (secondary N) is 1. The maximum Gasteiger partial charge on any atom is 0.322 e. The van der Waals surface area contributed by atoms with Crippen molar-refractivity contribution in [1.82, 2.24) is 0 Å². The maximum absolute atomic E-state index is 13.0. The fourth-order valence-electron chi connectivity index (χ4n) is 2.11. The Kier molecular flexibility index (Phi) is 5.82. The summed E-state index contributed by atoms with van der Waals surface area (Å²) in [6, 6.07) is 7.54. The van der Waals surface area contributed by atoms with Crippen LogP contribution in [0.5, 0.6) is 5.75 Å². The van der Waals surface area contributed by atoms with E-state index in [4.69, 9.17) is 33.0 Å². The molecule has 0 amide bonds. The van der Waals surface area contributed by atoms with Crippen LogP contribution in [0.3, 0.4) is 0 Å². The van der Waals surface area contributed by atoms with Crippen molar-refractivity contribution in [3.63, 3.8) is 0 Å². The molecule has 0 bridgehead atoms. The zero-order valence-corrected chi connectivity index (χ0v) is 15.7. The molecule has 0 atom stereocenters. The SMILES string of the molecule is COc1cc(NCC(=O)O)c(Cl)c(S(=O)(=O)c2ccc(C)cc2)c1Cl. The number of ether oxygens (including phenoxy) is 1. The molecule has 2 aromatic rings. The van der Waals surface area contributed by atoms with Crippen LogP contribution in [0.25, 0.3) is 0 Å². The summed E-state index contributed by atoms with van der Waals surface area (Å²) in [4.78, 5) is 10.4. The normalized spacial score (nSPS) is 11.2. The quantitative estimate of drug-likeness (QED) is 0.764. The van der Waals surface area contributed by atoms with Crippen molar-refractivity contribution in [2.24, 2.45) is 0 Å². The Morgan fingerprint density at radius 2 is 1.80 bits per heavy atom. The van der Waals surface area contributed by atoms with E-state index in [1.165, 1.54) is 25.3 Å². The van der Waals surface area contributed by atoms with Gasteiger partial charge in [-0.25, -0.2) is 8.42 Å². The van der Waals surface area contributed by atoms with Crippen molar-refractivity contribution in [1.29, 1.82) is 0 Å². The molecule has 6 nitrogen and oxygen atoms in total. The number of carbonyl (C=O) groups is 1. The summed E-state index contributed by atoms with van der Waals surface area (Å²) < 4.78 is 31.0. The summed E-state index contributed by atoms with van der Waals surface area (Å²) in [5.74, 6) is -1.07. The largest absolute Gasteiger partial charge is 0.495 e. The van der Waals surface area contributed by atoms with Crippen LogP contribution in [0.1, 0.15) is 5.56 Å². The van der Waals surface area contributed by atoms with Crippen LogP contribution in [0.15, 0.2) is 40.1 Å². The van der Waals surface area contributed by atoms with E-state index >= 15 is 0 Å². The maximum atomic E-state index is 13.0. The second-order valence-electron chi connectivity index (χ2n) is 5.15. The molecule has 2 N–H and O–H groups in total. The average molecular weight is 404 g/mol. The Morgan fingerprint density at radius 3 is 2.32 bits per heavy atom. The molecule has 0 aliphatic carbocycles. The van der Waals surface area contributed by atoms with Crippen molar-refractivity contribution in [3.05, 3.63) is 45.9 Å². The number of anilines is 1. The van der Waals surface area contributed by atoms with E-state index in [0.29, 0.717) is 0 Å². The molecule has 0 spiro atoms. The van der Waals surface area contributed by atoms with Gasteiger partial charge in [0.2, 0.25) is 9.84 Å². The number of carboxylic acid groups (broad SMARTS) is 1.